The van der Waals surface area contributed by atoms with Crippen molar-refractivity contribution >= 4 is 0 Å². The zero-order valence-corrected chi connectivity index (χ0v) is 8.15. The Balaban J connectivity index is 3.94. The number of aliphatic hydroxyl groups excluding tert-OH is 1. The maximum absolute atomic E-state index is 9.35. The molecule has 0 radical (unpaired) electrons. The van der Waals surface area contributed by atoms with Crippen molar-refractivity contribution in [1.82, 2.24) is 0 Å². The first kappa shape index (κ1) is 10.5. The Kier molecular flexibility index (Phi) is 5.01. The molecule has 0 saturated heterocycles. The van der Waals surface area contributed by atoms with Crippen LogP contribution in [0.5, 0.6) is 0 Å². The van der Waals surface area contributed by atoms with E-state index in [9.17, 15) is 5.11 Å². The largest absolute Gasteiger partial charge is 0.512 e. The highest BCUT2D eigenvalue weighted by atomic mass is 16.3. The van der Waals surface area contributed by atoms with Crippen LogP contribution in [0.2, 0.25) is 0 Å². The Bertz CT molecular complexity index is 136. The summed E-state index contributed by atoms with van der Waals surface area (Å²) in [5.74, 6) is 1.27. The molecule has 0 aliphatic heterocycles. The van der Waals surface area contributed by atoms with Gasteiger partial charge in [-0.3, -0.25) is 0 Å². The summed E-state index contributed by atoms with van der Waals surface area (Å²) in [6, 6.07) is 0. The summed E-state index contributed by atoms with van der Waals surface area (Å²) in [5.41, 5.74) is 1.15. The molecule has 1 N–H and O–H groups in total. The van der Waals surface area contributed by atoms with Crippen LogP contribution in [-0.2, 0) is 0 Å². The van der Waals surface area contributed by atoms with E-state index < -0.39 is 0 Å². The van der Waals surface area contributed by atoms with Gasteiger partial charge in [0, 0.05) is 6.42 Å². The lowest BCUT2D eigenvalue weighted by Gasteiger charge is -2.09. The van der Waals surface area contributed by atoms with Crippen LogP contribution in [0.25, 0.3) is 0 Å². The lowest BCUT2D eigenvalue weighted by Crippen LogP contribution is -1.95. The van der Waals surface area contributed by atoms with Crippen LogP contribution in [-0.4, -0.2) is 5.11 Å². The molecule has 0 amide bonds. The molecule has 0 aliphatic rings. The summed E-state index contributed by atoms with van der Waals surface area (Å²) in [4.78, 5) is 0. The van der Waals surface area contributed by atoms with E-state index in [0.29, 0.717) is 11.7 Å². The zero-order valence-electron chi connectivity index (χ0n) is 8.15. The number of hydrogen-bond donors (Lipinski definition) is 1. The summed E-state index contributed by atoms with van der Waals surface area (Å²) >= 11 is 0. The highest BCUT2D eigenvalue weighted by molar-refractivity contribution is 5.04. The molecule has 0 heterocycles. The predicted molar refractivity (Wildman–Crippen MR) is 49.7 cm³/mol. The van der Waals surface area contributed by atoms with Crippen molar-refractivity contribution in [2.45, 2.75) is 47.0 Å². The molecule has 0 bridgehead atoms. The van der Waals surface area contributed by atoms with Crippen molar-refractivity contribution in [3.8, 4) is 0 Å². The second kappa shape index (κ2) is 5.22. The Morgan fingerprint density at radius 3 is 2.27 bits per heavy atom. The summed E-state index contributed by atoms with van der Waals surface area (Å²) in [6.07, 6.45) is 2.99. The summed E-state index contributed by atoms with van der Waals surface area (Å²) in [5, 5.41) is 9.35. The van der Waals surface area contributed by atoms with Crippen molar-refractivity contribution in [1.29, 1.82) is 0 Å². The Hall–Kier alpha value is -0.460. The third-order valence-corrected chi connectivity index (χ3v) is 2.18. The number of allylic oxidation sites excluding steroid dienone is 2. The van der Waals surface area contributed by atoms with Gasteiger partial charge in [-0.15, -0.1) is 0 Å². The smallest absolute Gasteiger partial charge is 0.0909 e. The summed E-state index contributed by atoms with van der Waals surface area (Å²) < 4.78 is 0. The Morgan fingerprint density at radius 2 is 1.91 bits per heavy atom. The maximum Gasteiger partial charge on any atom is 0.0909 e. The SMILES string of the molecule is CCC(O)=C(C)CC(C)CC. The van der Waals surface area contributed by atoms with Gasteiger partial charge in [0.1, 0.15) is 0 Å². The molecular weight excluding hydrogens is 136 g/mol. The van der Waals surface area contributed by atoms with Crippen LogP contribution in [0, 0.1) is 5.92 Å². The van der Waals surface area contributed by atoms with Crippen LogP contribution in [0.3, 0.4) is 0 Å². The van der Waals surface area contributed by atoms with Gasteiger partial charge in [-0.2, -0.15) is 0 Å². The molecule has 0 aromatic carbocycles. The second-order valence-corrected chi connectivity index (χ2v) is 3.30. The van der Waals surface area contributed by atoms with Gasteiger partial charge in [0.05, 0.1) is 5.76 Å². The molecule has 0 spiro atoms. The quantitative estimate of drug-likeness (QED) is 0.616. The Morgan fingerprint density at radius 1 is 1.36 bits per heavy atom. The lowest BCUT2D eigenvalue weighted by molar-refractivity contribution is 0.379. The molecule has 0 aromatic rings. The topological polar surface area (TPSA) is 20.2 Å². The maximum atomic E-state index is 9.35. The molecule has 0 saturated carbocycles. The van der Waals surface area contributed by atoms with E-state index >= 15 is 0 Å². The molecule has 0 aliphatic carbocycles. The molecule has 0 aromatic heterocycles. The van der Waals surface area contributed by atoms with Crippen LogP contribution < -0.4 is 0 Å². The van der Waals surface area contributed by atoms with Crippen molar-refractivity contribution < 1.29 is 5.11 Å². The molecule has 66 valence electrons. The third kappa shape index (κ3) is 4.07. The van der Waals surface area contributed by atoms with Crippen molar-refractivity contribution in [3.63, 3.8) is 0 Å². The van der Waals surface area contributed by atoms with Crippen LogP contribution in [0.4, 0.5) is 0 Å². The minimum absolute atomic E-state index is 0.574. The fraction of sp³-hybridized carbons (Fsp3) is 0.800. The molecule has 1 heteroatoms. The first-order chi connectivity index (χ1) is 5.11. The minimum atomic E-state index is 0.574. The summed E-state index contributed by atoms with van der Waals surface area (Å²) in [7, 11) is 0. The number of aliphatic hydroxyl groups is 1. The number of rotatable bonds is 4. The predicted octanol–water partition coefficient (Wildman–Crippen LogP) is 3.66. The van der Waals surface area contributed by atoms with Crippen LogP contribution in [0.15, 0.2) is 11.3 Å². The highest BCUT2D eigenvalue weighted by Gasteiger charge is 2.03. The first-order valence-electron chi connectivity index (χ1n) is 4.49. The molecule has 1 nitrogen and oxygen atoms in total. The first-order valence-corrected chi connectivity index (χ1v) is 4.49. The van der Waals surface area contributed by atoms with Crippen molar-refractivity contribution in [3.05, 3.63) is 11.3 Å². The molecular formula is C10H20O. The zero-order chi connectivity index (χ0) is 8.85. The molecule has 0 fully saturated rings. The van der Waals surface area contributed by atoms with Gasteiger partial charge in [0.25, 0.3) is 0 Å². The van der Waals surface area contributed by atoms with E-state index in [-0.39, 0.29) is 0 Å². The van der Waals surface area contributed by atoms with Gasteiger partial charge >= 0.3 is 0 Å². The average Bonchev–Trinajstić information content (AvgIpc) is 2.02. The van der Waals surface area contributed by atoms with E-state index in [1.807, 2.05) is 13.8 Å². The third-order valence-electron chi connectivity index (χ3n) is 2.18. The van der Waals surface area contributed by atoms with Gasteiger partial charge in [-0.1, -0.05) is 27.2 Å². The van der Waals surface area contributed by atoms with E-state index in [1.54, 1.807) is 0 Å². The van der Waals surface area contributed by atoms with Gasteiger partial charge in [0.2, 0.25) is 0 Å². The lowest BCUT2D eigenvalue weighted by atomic mass is 9.99. The van der Waals surface area contributed by atoms with E-state index in [4.69, 9.17) is 0 Å². The van der Waals surface area contributed by atoms with Gasteiger partial charge in [-0.05, 0) is 24.8 Å². The van der Waals surface area contributed by atoms with E-state index in [2.05, 4.69) is 13.8 Å². The molecule has 1 atom stereocenters. The fourth-order valence-corrected chi connectivity index (χ4v) is 1.09. The number of hydrogen-bond acceptors (Lipinski definition) is 1. The van der Waals surface area contributed by atoms with Gasteiger partial charge < -0.3 is 5.11 Å². The van der Waals surface area contributed by atoms with Crippen LogP contribution in [0.1, 0.15) is 47.0 Å². The van der Waals surface area contributed by atoms with Gasteiger partial charge in [0.15, 0.2) is 0 Å². The van der Waals surface area contributed by atoms with Crippen molar-refractivity contribution in [2.24, 2.45) is 5.92 Å². The average molecular weight is 156 g/mol. The fourth-order valence-electron chi connectivity index (χ4n) is 1.09. The summed E-state index contributed by atoms with van der Waals surface area (Å²) in [6.45, 7) is 8.40. The second-order valence-electron chi connectivity index (χ2n) is 3.30. The molecule has 11 heavy (non-hydrogen) atoms. The van der Waals surface area contributed by atoms with Crippen molar-refractivity contribution in [2.75, 3.05) is 0 Å². The monoisotopic (exact) mass is 156 g/mol. The standard InChI is InChI=1S/C10H20O/c1-5-8(3)7-9(4)10(11)6-2/h8,11H,5-7H2,1-4H3. The highest BCUT2D eigenvalue weighted by Crippen LogP contribution is 2.17. The molecule has 0 rings (SSSR count). The van der Waals surface area contributed by atoms with E-state index in [0.717, 1.165) is 18.4 Å². The molecule has 1 unspecified atom stereocenters. The van der Waals surface area contributed by atoms with Gasteiger partial charge in [-0.25, -0.2) is 0 Å². The normalized spacial score (nSPS) is 16.0. The van der Waals surface area contributed by atoms with E-state index in [1.165, 1.54) is 6.42 Å². The minimum Gasteiger partial charge on any atom is -0.512 e. The Labute approximate surface area is 70.1 Å². The van der Waals surface area contributed by atoms with Crippen LogP contribution >= 0.6 is 0 Å².